The third kappa shape index (κ3) is 4.22. The van der Waals surface area contributed by atoms with E-state index in [0.717, 1.165) is 21.4 Å². The van der Waals surface area contributed by atoms with E-state index in [1.807, 2.05) is 6.92 Å². The Morgan fingerprint density at radius 1 is 1.14 bits per heavy atom. The van der Waals surface area contributed by atoms with Crippen LogP contribution in [0.5, 0.6) is 5.75 Å². The molecule has 5 rings (SSSR count). The molecule has 8 nitrogen and oxygen atoms in total. The Bertz CT molecular complexity index is 1250. The molecule has 2 aromatic rings. The van der Waals surface area contributed by atoms with Gasteiger partial charge in [0.25, 0.3) is 0 Å². The molecule has 0 aromatic heterocycles. The number of phenolic OH excluding ortho intramolecular Hbond substituents is 1. The number of rotatable bonds is 5. The molecule has 36 heavy (non-hydrogen) atoms. The lowest BCUT2D eigenvalue weighted by atomic mass is 9.54. The number of benzene rings is 2. The molecule has 0 unspecified atom stereocenters. The molecule has 0 spiro atoms. The van der Waals surface area contributed by atoms with E-state index >= 15 is 0 Å². The molecule has 2 aromatic carbocycles. The second-order valence-electron chi connectivity index (χ2n) is 9.65. The second-order valence-corrected chi connectivity index (χ2v) is 10.6. The molecular formula is C25H26B2BrNO7. The van der Waals surface area contributed by atoms with Gasteiger partial charge in [-0.05, 0) is 66.4 Å². The van der Waals surface area contributed by atoms with Gasteiger partial charge in [0.2, 0.25) is 11.8 Å². The minimum atomic E-state index is -1.73. The Morgan fingerprint density at radius 2 is 1.92 bits per heavy atom. The Balaban J connectivity index is 1.55. The highest BCUT2D eigenvalue weighted by molar-refractivity contribution is 9.10. The van der Waals surface area contributed by atoms with Crippen LogP contribution in [0.1, 0.15) is 44.3 Å². The van der Waals surface area contributed by atoms with Gasteiger partial charge in [0.15, 0.2) is 0 Å². The highest BCUT2D eigenvalue weighted by Crippen LogP contribution is 2.53. The SMILES string of the molecule is CCCC1=C2B(O)O[C@H](c3cc(Br)ccc3O)C[C@H]2[C@H]2C(=O)N(c3cccc(B(O)O)c3)C(=O)[C@H]2C1. The number of carbonyl (C=O) groups excluding carboxylic acids is 2. The summed E-state index contributed by atoms with van der Waals surface area (Å²) in [5.74, 6) is -2.39. The standard InChI is InChI=1S/C25H26B2BrNO7/c1-2-4-13-9-19-22(25(32)29(24(19)31)16-6-3-5-14(10-16)26(33)34)18-12-21(36-27(35)23(13)18)17-11-15(28)7-8-20(17)30/h3,5-8,10-11,18-19,21-22,30,33-35H,2,4,9,12H2,1H3/t18-,19-,21-,22+/m0/s1. The van der Waals surface area contributed by atoms with Crippen molar-refractivity contribution in [1.29, 1.82) is 0 Å². The maximum absolute atomic E-state index is 13.8. The number of imide groups is 1. The van der Waals surface area contributed by atoms with Gasteiger partial charge in [0.1, 0.15) is 5.75 Å². The topological polar surface area (TPSA) is 128 Å². The summed E-state index contributed by atoms with van der Waals surface area (Å²) in [7, 11) is -2.98. The van der Waals surface area contributed by atoms with Crippen molar-refractivity contribution >= 4 is 53.1 Å². The number of hydrogen-bond donors (Lipinski definition) is 4. The van der Waals surface area contributed by atoms with Crippen LogP contribution in [0.4, 0.5) is 5.69 Å². The van der Waals surface area contributed by atoms with Crippen LogP contribution in [0.25, 0.3) is 0 Å². The van der Waals surface area contributed by atoms with Gasteiger partial charge in [0, 0.05) is 10.0 Å². The van der Waals surface area contributed by atoms with Crippen molar-refractivity contribution in [3.05, 3.63) is 63.5 Å². The van der Waals surface area contributed by atoms with E-state index in [-0.39, 0.29) is 28.7 Å². The Kier molecular flexibility index (Phi) is 6.86. The lowest BCUT2D eigenvalue weighted by molar-refractivity contribution is -0.123. The van der Waals surface area contributed by atoms with Crippen LogP contribution in [0.2, 0.25) is 0 Å². The van der Waals surface area contributed by atoms with Crippen LogP contribution < -0.4 is 10.4 Å². The normalized spacial score (nSPS) is 25.8. The molecule has 4 atom stereocenters. The quantitative estimate of drug-likeness (QED) is 0.330. The minimum Gasteiger partial charge on any atom is -0.508 e. The van der Waals surface area contributed by atoms with Crippen molar-refractivity contribution < 1.29 is 34.4 Å². The largest absolute Gasteiger partial charge is 0.508 e. The third-order valence-corrected chi connectivity index (χ3v) is 8.02. The number of anilines is 1. The van der Waals surface area contributed by atoms with Crippen molar-refractivity contribution in [2.24, 2.45) is 17.8 Å². The molecule has 3 aliphatic rings. The van der Waals surface area contributed by atoms with Crippen molar-refractivity contribution in [3.8, 4) is 5.75 Å². The molecule has 0 saturated carbocycles. The third-order valence-electron chi connectivity index (χ3n) is 7.53. The minimum absolute atomic E-state index is 0.0267. The molecule has 1 aliphatic carbocycles. The van der Waals surface area contributed by atoms with Gasteiger partial charge < -0.3 is 24.8 Å². The monoisotopic (exact) mass is 553 g/mol. The summed E-state index contributed by atoms with van der Waals surface area (Å²) in [4.78, 5) is 28.5. The zero-order valence-corrected chi connectivity index (χ0v) is 21.3. The summed E-state index contributed by atoms with van der Waals surface area (Å²) in [6.07, 6.45) is 1.51. The van der Waals surface area contributed by atoms with E-state index in [0.29, 0.717) is 30.3 Å². The number of amides is 2. The van der Waals surface area contributed by atoms with Gasteiger partial charge in [-0.25, -0.2) is 0 Å². The zero-order valence-electron chi connectivity index (χ0n) is 19.7. The van der Waals surface area contributed by atoms with Crippen molar-refractivity contribution in [3.63, 3.8) is 0 Å². The molecule has 2 amide bonds. The van der Waals surface area contributed by atoms with Crippen LogP contribution in [0.15, 0.2) is 58.0 Å². The summed E-state index contributed by atoms with van der Waals surface area (Å²) < 4.78 is 6.71. The number of fused-ring (bicyclic) bond motifs is 3. The van der Waals surface area contributed by atoms with Gasteiger partial charge in [-0.3, -0.25) is 14.5 Å². The van der Waals surface area contributed by atoms with Gasteiger partial charge in [-0.15, -0.1) is 0 Å². The van der Waals surface area contributed by atoms with Crippen LogP contribution >= 0.6 is 15.9 Å². The number of nitrogens with zero attached hydrogens (tertiary/aromatic N) is 1. The fourth-order valence-corrected chi connectivity index (χ4v) is 6.39. The summed E-state index contributed by atoms with van der Waals surface area (Å²) in [6, 6.07) is 11.1. The average Bonchev–Trinajstić information content (AvgIpc) is 3.10. The van der Waals surface area contributed by atoms with Gasteiger partial charge >= 0.3 is 14.2 Å². The molecule has 0 radical (unpaired) electrons. The van der Waals surface area contributed by atoms with Crippen LogP contribution in [0, 0.1) is 17.8 Å². The lowest BCUT2D eigenvalue weighted by Gasteiger charge is -2.42. The van der Waals surface area contributed by atoms with Crippen molar-refractivity contribution in [2.75, 3.05) is 4.90 Å². The highest BCUT2D eigenvalue weighted by Gasteiger charge is 2.58. The van der Waals surface area contributed by atoms with Gasteiger partial charge in [-0.2, -0.15) is 0 Å². The smallest absolute Gasteiger partial charge is 0.488 e. The average molecular weight is 554 g/mol. The predicted octanol–water partition coefficient (Wildman–Crippen LogP) is 2.24. The highest BCUT2D eigenvalue weighted by atomic mass is 79.9. The molecule has 2 aliphatic heterocycles. The molecular weight excluding hydrogens is 528 g/mol. The summed E-state index contributed by atoms with van der Waals surface area (Å²) in [6.45, 7) is 2.02. The molecule has 0 bridgehead atoms. The van der Waals surface area contributed by atoms with E-state index < -0.39 is 38.1 Å². The van der Waals surface area contributed by atoms with E-state index in [1.54, 1.807) is 30.3 Å². The fraction of sp³-hybridized carbons (Fsp3) is 0.360. The summed E-state index contributed by atoms with van der Waals surface area (Å²) in [5, 5.41) is 40.8. The maximum Gasteiger partial charge on any atom is 0.488 e. The van der Waals surface area contributed by atoms with E-state index in [2.05, 4.69) is 15.9 Å². The first-order chi connectivity index (χ1) is 17.2. The van der Waals surface area contributed by atoms with Gasteiger partial charge in [0.05, 0.1) is 23.6 Å². The number of allylic oxidation sites excluding steroid dienone is 2. The Morgan fingerprint density at radius 3 is 2.64 bits per heavy atom. The van der Waals surface area contributed by atoms with Crippen molar-refractivity contribution in [1.82, 2.24) is 0 Å². The van der Waals surface area contributed by atoms with Crippen LogP contribution in [0.3, 0.4) is 0 Å². The van der Waals surface area contributed by atoms with Crippen LogP contribution in [-0.4, -0.2) is 46.2 Å². The number of halogens is 1. The second kappa shape index (κ2) is 9.79. The fourth-order valence-electron chi connectivity index (χ4n) is 6.01. The Labute approximate surface area is 218 Å². The summed E-state index contributed by atoms with van der Waals surface area (Å²) >= 11 is 3.41. The predicted molar refractivity (Wildman–Crippen MR) is 138 cm³/mol. The first-order valence-electron chi connectivity index (χ1n) is 12.1. The summed E-state index contributed by atoms with van der Waals surface area (Å²) in [5.41, 5.74) is 2.58. The molecule has 4 N–H and O–H groups in total. The Hall–Kier alpha value is -2.43. The first-order valence-corrected chi connectivity index (χ1v) is 12.9. The zero-order chi connectivity index (χ0) is 25.7. The van der Waals surface area contributed by atoms with Gasteiger partial charge in [-0.1, -0.05) is 47.0 Å². The number of phenols is 1. The number of aromatic hydroxyl groups is 1. The molecule has 2 heterocycles. The molecule has 2 saturated heterocycles. The first kappa shape index (κ1) is 25.2. The van der Waals surface area contributed by atoms with E-state index in [4.69, 9.17) is 4.65 Å². The molecule has 186 valence electrons. The molecule has 11 heteroatoms. The maximum atomic E-state index is 13.8. The number of hydrogen-bond acceptors (Lipinski definition) is 7. The van der Waals surface area contributed by atoms with E-state index in [9.17, 15) is 29.8 Å². The molecule has 2 fully saturated rings. The van der Waals surface area contributed by atoms with Crippen molar-refractivity contribution in [2.45, 2.75) is 38.7 Å². The van der Waals surface area contributed by atoms with Crippen LogP contribution in [-0.2, 0) is 14.2 Å². The lowest BCUT2D eigenvalue weighted by Crippen LogP contribution is -2.45. The van der Waals surface area contributed by atoms with E-state index in [1.165, 1.54) is 12.1 Å². The number of carbonyl (C=O) groups is 2.